The number of hydrogen-bond acceptors (Lipinski definition) is 5. The third-order valence-electron chi connectivity index (χ3n) is 3.37. The molecule has 0 aromatic heterocycles. The van der Waals surface area contributed by atoms with Gasteiger partial charge in [-0.05, 0) is 23.8 Å². The molecule has 0 amide bonds. The third kappa shape index (κ3) is 2.70. The zero-order chi connectivity index (χ0) is 15.7. The first kappa shape index (κ1) is 14.6. The van der Waals surface area contributed by atoms with Crippen molar-refractivity contribution in [1.29, 1.82) is 0 Å². The van der Waals surface area contributed by atoms with Crippen LogP contribution in [0.15, 0.2) is 36.4 Å². The molecular weight excluding hydrogens is 310 g/mol. The fraction of sp³-hybridized carbons (Fsp3) is 0.200. The van der Waals surface area contributed by atoms with E-state index in [1.54, 1.807) is 24.3 Å². The van der Waals surface area contributed by atoms with E-state index in [2.05, 4.69) is 0 Å². The van der Waals surface area contributed by atoms with E-state index >= 15 is 0 Å². The quantitative estimate of drug-likeness (QED) is 0.694. The normalized spacial score (nSPS) is 14.5. The Bertz CT molecular complexity index is 717. The summed E-state index contributed by atoms with van der Waals surface area (Å²) < 4.78 is 10.8. The van der Waals surface area contributed by atoms with Crippen LogP contribution in [0.25, 0.3) is 0 Å². The van der Waals surface area contributed by atoms with E-state index in [1.165, 1.54) is 12.1 Å². The summed E-state index contributed by atoms with van der Waals surface area (Å²) in [5, 5.41) is 22.3. The van der Waals surface area contributed by atoms with Crippen LogP contribution >= 0.6 is 11.6 Å². The second-order valence-electron chi connectivity index (χ2n) is 4.77. The number of aliphatic hydroxyl groups excluding tert-OH is 1. The molecule has 0 saturated carbocycles. The molecule has 0 fully saturated rings. The van der Waals surface area contributed by atoms with Crippen molar-refractivity contribution in [1.82, 2.24) is 0 Å². The summed E-state index contributed by atoms with van der Waals surface area (Å²) >= 11 is 5.81. The molecule has 2 aromatic rings. The fourth-order valence-electron chi connectivity index (χ4n) is 2.30. The van der Waals surface area contributed by atoms with Crippen LogP contribution in [0, 0.1) is 10.1 Å². The van der Waals surface area contributed by atoms with Crippen LogP contribution in [0.1, 0.15) is 17.2 Å². The molecule has 7 heteroatoms. The highest BCUT2D eigenvalue weighted by atomic mass is 35.5. The highest BCUT2D eigenvalue weighted by Gasteiger charge is 2.27. The smallest absolute Gasteiger partial charge is 0.279 e. The van der Waals surface area contributed by atoms with Gasteiger partial charge in [0.1, 0.15) is 19.3 Å². The number of hydrogen-bond donors (Lipinski definition) is 1. The second kappa shape index (κ2) is 5.82. The summed E-state index contributed by atoms with van der Waals surface area (Å²) in [6.07, 6.45) is -1.16. The highest BCUT2D eigenvalue weighted by Crippen LogP contribution is 2.40. The van der Waals surface area contributed by atoms with Crippen LogP contribution in [-0.2, 0) is 0 Å². The Morgan fingerprint density at radius 1 is 1.14 bits per heavy atom. The van der Waals surface area contributed by atoms with Crippen molar-refractivity contribution in [3.8, 4) is 11.5 Å². The number of ether oxygens (including phenoxy) is 2. The van der Waals surface area contributed by atoms with Crippen LogP contribution in [-0.4, -0.2) is 23.2 Å². The van der Waals surface area contributed by atoms with E-state index < -0.39 is 11.0 Å². The number of fused-ring (bicyclic) bond motifs is 1. The molecule has 1 aliphatic heterocycles. The first-order valence-corrected chi connectivity index (χ1v) is 6.95. The minimum Gasteiger partial charge on any atom is -0.486 e. The van der Waals surface area contributed by atoms with Crippen LogP contribution in [0.3, 0.4) is 0 Å². The Hall–Kier alpha value is -2.31. The molecule has 0 radical (unpaired) electrons. The highest BCUT2D eigenvalue weighted by molar-refractivity contribution is 6.30. The summed E-state index contributed by atoms with van der Waals surface area (Å²) in [6, 6.07) is 9.20. The van der Waals surface area contributed by atoms with Gasteiger partial charge >= 0.3 is 0 Å². The van der Waals surface area contributed by atoms with Gasteiger partial charge in [0.25, 0.3) is 5.69 Å². The maximum Gasteiger partial charge on any atom is 0.279 e. The Kier molecular flexibility index (Phi) is 3.87. The molecule has 0 aliphatic carbocycles. The standard InChI is InChI=1S/C15H12ClNO5/c16-10-3-1-9(2-4-10)15(18)11-7-13-14(22-6-5-21-13)8-12(11)17(19)20/h1-4,7-8,15,18H,5-6H2/t15-/m1/s1. The average molecular weight is 322 g/mol. The molecule has 0 unspecified atom stereocenters. The van der Waals surface area contributed by atoms with E-state index in [-0.39, 0.29) is 11.3 Å². The summed E-state index contributed by atoms with van der Waals surface area (Å²) in [4.78, 5) is 10.7. The van der Waals surface area contributed by atoms with Crippen molar-refractivity contribution in [2.24, 2.45) is 0 Å². The van der Waals surface area contributed by atoms with E-state index in [9.17, 15) is 15.2 Å². The molecule has 0 bridgehead atoms. The van der Waals surface area contributed by atoms with Gasteiger partial charge in [-0.15, -0.1) is 0 Å². The summed E-state index contributed by atoms with van der Waals surface area (Å²) in [5.74, 6) is 0.699. The average Bonchev–Trinajstić information content (AvgIpc) is 2.53. The van der Waals surface area contributed by atoms with E-state index in [4.69, 9.17) is 21.1 Å². The van der Waals surface area contributed by atoms with Crippen molar-refractivity contribution >= 4 is 17.3 Å². The summed E-state index contributed by atoms with van der Waals surface area (Å²) in [6.45, 7) is 0.699. The monoisotopic (exact) mass is 321 g/mol. The maximum absolute atomic E-state index is 11.3. The summed E-state index contributed by atoms with van der Waals surface area (Å²) in [7, 11) is 0. The zero-order valence-electron chi connectivity index (χ0n) is 11.4. The molecule has 0 spiro atoms. The molecular formula is C15H12ClNO5. The lowest BCUT2D eigenvalue weighted by molar-refractivity contribution is -0.386. The van der Waals surface area contributed by atoms with Crippen LogP contribution in [0.5, 0.6) is 11.5 Å². The van der Waals surface area contributed by atoms with Crippen molar-refractivity contribution in [2.45, 2.75) is 6.10 Å². The molecule has 1 N–H and O–H groups in total. The molecule has 114 valence electrons. The minimum atomic E-state index is -1.16. The summed E-state index contributed by atoms with van der Waals surface area (Å²) in [5.41, 5.74) is 0.437. The predicted molar refractivity (Wildman–Crippen MR) is 79.6 cm³/mol. The molecule has 2 aromatic carbocycles. The van der Waals surface area contributed by atoms with E-state index in [1.807, 2.05) is 0 Å². The SMILES string of the molecule is O=[N+]([O-])c1cc2c(cc1[C@H](O)c1ccc(Cl)cc1)OCCO2. The minimum absolute atomic E-state index is 0.150. The van der Waals surface area contributed by atoms with Crippen LogP contribution < -0.4 is 9.47 Å². The Labute approximate surface area is 131 Å². The molecule has 0 saturated heterocycles. The lowest BCUT2D eigenvalue weighted by Gasteiger charge is -2.20. The van der Waals surface area contributed by atoms with Gasteiger partial charge in [0.15, 0.2) is 11.5 Å². The predicted octanol–water partition coefficient (Wildman–Crippen LogP) is 3.10. The van der Waals surface area contributed by atoms with Crippen molar-refractivity contribution in [3.05, 3.63) is 62.7 Å². The molecule has 1 heterocycles. The fourth-order valence-corrected chi connectivity index (χ4v) is 2.42. The Morgan fingerprint density at radius 2 is 1.73 bits per heavy atom. The lowest BCUT2D eigenvalue weighted by atomic mass is 9.99. The molecule has 22 heavy (non-hydrogen) atoms. The number of nitro benzene ring substituents is 1. The van der Waals surface area contributed by atoms with Gasteiger partial charge in [-0.2, -0.15) is 0 Å². The molecule has 1 atom stereocenters. The van der Waals surface area contributed by atoms with E-state index in [0.717, 1.165) is 0 Å². The number of rotatable bonds is 3. The van der Waals surface area contributed by atoms with Crippen LogP contribution in [0.4, 0.5) is 5.69 Å². The van der Waals surface area contributed by atoms with Gasteiger partial charge in [-0.25, -0.2) is 0 Å². The molecule has 6 nitrogen and oxygen atoms in total. The van der Waals surface area contributed by atoms with Gasteiger partial charge in [-0.3, -0.25) is 10.1 Å². The Morgan fingerprint density at radius 3 is 2.32 bits per heavy atom. The topological polar surface area (TPSA) is 81.8 Å². The van der Waals surface area contributed by atoms with Crippen molar-refractivity contribution in [2.75, 3.05) is 13.2 Å². The largest absolute Gasteiger partial charge is 0.486 e. The van der Waals surface area contributed by atoms with Crippen LogP contribution in [0.2, 0.25) is 5.02 Å². The maximum atomic E-state index is 11.3. The molecule has 3 rings (SSSR count). The number of nitro groups is 1. The van der Waals surface area contributed by atoms with Crippen molar-refractivity contribution in [3.63, 3.8) is 0 Å². The lowest BCUT2D eigenvalue weighted by Crippen LogP contribution is -2.16. The number of aliphatic hydroxyl groups is 1. The van der Waals surface area contributed by atoms with E-state index in [0.29, 0.717) is 35.3 Å². The van der Waals surface area contributed by atoms with Gasteiger partial charge in [0.05, 0.1) is 16.6 Å². The van der Waals surface area contributed by atoms with Gasteiger partial charge in [0.2, 0.25) is 0 Å². The second-order valence-corrected chi connectivity index (χ2v) is 5.20. The van der Waals surface area contributed by atoms with Gasteiger partial charge in [0, 0.05) is 5.02 Å². The van der Waals surface area contributed by atoms with Gasteiger partial charge < -0.3 is 14.6 Å². The number of benzene rings is 2. The molecule has 1 aliphatic rings. The Balaban J connectivity index is 2.07. The van der Waals surface area contributed by atoms with Gasteiger partial charge in [-0.1, -0.05) is 23.7 Å². The van der Waals surface area contributed by atoms with Crippen molar-refractivity contribution < 1.29 is 19.5 Å². The number of nitrogens with zero attached hydrogens (tertiary/aromatic N) is 1. The number of halogens is 1. The zero-order valence-corrected chi connectivity index (χ0v) is 12.1. The first-order valence-electron chi connectivity index (χ1n) is 6.57. The third-order valence-corrected chi connectivity index (χ3v) is 3.62. The first-order chi connectivity index (χ1) is 10.6.